The Morgan fingerprint density at radius 2 is 2.00 bits per heavy atom. The van der Waals surface area contributed by atoms with Crippen molar-refractivity contribution in [2.75, 3.05) is 13.6 Å². The van der Waals surface area contributed by atoms with Crippen LogP contribution < -0.4 is 0 Å². The van der Waals surface area contributed by atoms with Gasteiger partial charge in [-0.15, -0.1) is 0 Å². The third-order valence-corrected chi connectivity index (χ3v) is 3.55. The summed E-state index contributed by atoms with van der Waals surface area (Å²) in [4.78, 5) is 10.8. The number of likely N-dealkylation sites (N-methyl/N-ethyl adjacent to an activating group) is 1. The summed E-state index contributed by atoms with van der Waals surface area (Å²) in [7, 11) is 2.13. The largest absolute Gasteiger partial charge is 0.302 e. The summed E-state index contributed by atoms with van der Waals surface area (Å²) in [5.41, 5.74) is 4.76. The van der Waals surface area contributed by atoms with Gasteiger partial charge in [0, 0.05) is 25.5 Å². The van der Waals surface area contributed by atoms with E-state index in [9.17, 15) is 0 Å². The van der Waals surface area contributed by atoms with Gasteiger partial charge in [-0.3, -0.25) is 9.98 Å². The molecule has 0 spiro atoms. The molecule has 1 heterocycles. The van der Waals surface area contributed by atoms with E-state index < -0.39 is 0 Å². The molecule has 3 heteroatoms. The van der Waals surface area contributed by atoms with E-state index in [1.54, 1.807) is 18.5 Å². The van der Waals surface area contributed by atoms with Crippen LogP contribution in [0.5, 0.6) is 0 Å². The van der Waals surface area contributed by atoms with Crippen LogP contribution in [0.1, 0.15) is 16.7 Å². The number of aromatic nitrogens is 1. The minimum atomic E-state index is 0.859. The van der Waals surface area contributed by atoms with Gasteiger partial charge in [-0.2, -0.15) is 0 Å². The summed E-state index contributed by atoms with van der Waals surface area (Å²) in [6.45, 7) is 7.64. The van der Waals surface area contributed by atoms with E-state index in [-0.39, 0.29) is 0 Å². The Morgan fingerprint density at radius 3 is 2.73 bits per heavy atom. The maximum absolute atomic E-state index is 4.37. The topological polar surface area (TPSA) is 28.5 Å². The second-order valence-electron chi connectivity index (χ2n) is 5.49. The van der Waals surface area contributed by atoms with E-state index in [1.165, 1.54) is 16.7 Å². The van der Waals surface area contributed by atoms with Gasteiger partial charge in [-0.25, -0.2) is 0 Å². The zero-order valence-corrected chi connectivity index (χ0v) is 13.4. The summed E-state index contributed by atoms with van der Waals surface area (Å²) in [5, 5.41) is 0. The molecule has 0 radical (unpaired) electrons. The van der Waals surface area contributed by atoms with E-state index >= 15 is 0 Å². The highest BCUT2D eigenvalue weighted by Crippen LogP contribution is 2.18. The first-order valence-electron chi connectivity index (χ1n) is 7.51. The Kier molecular flexibility index (Phi) is 6.04. The fourth-order valence-electron chi connectivity index (χ4n) is 2.24. The molecular weight excluding hydrogens is 270 g/mol. The molecule has 0 N–H and O–H groups in total. The van der Waals surface area contributed by atoms with Crippen molar-refractivity contribution in [3.05, 3.63) is 72.1 Å². The van der Waals surface area contributed by atoms with Gasteiger partial charge >= 0.3 is 0 Å². The number of aryl methyl sites for hydroxylation is 1. The third kappa shape index (κ3) is 4.93. The molecule has 1 aromatic carbocycles. The fourth-order valence-corrected chi connectivity index (χ4v) is 2.24. The van der Waals surface area contributed by atoms with Crippen molar-refractivity contribution >= 4 is 11.9 Å². The van der Waals surface area contributed by atoms with Crippen LogP contribution in [0, 0.1) is 6.92 Å². The highest BCUT2D eigenvalue weighted by molar-refractivity contribution is 5.74. The molecule has 0 aliphatic heterocycles. The summed E-state index contributed by atoms with van der Waals surface area (Å²) in [5.74, 6) is 0. The Morgan fingerprint density at radius 1 is 1.23 bits per heavy atom. The number of nitrogens with zero attached hydrogens (tertiary/aromatic N) is 3. The summed E-state index contributed by atoms with van der Waals surface area (Å²) < 4.78 is 0. The van der Waals surface area contributed by atoms with Gasteiger partial charge in [-0.05, 0) is 37.6 Å². The summed E-state index contributed by atoms with van der Waals surface area (Å²) in [6.07, 6.45) is 8.04. The van der Waals surface area contributed by atoms with Crippen LogP contribution in [-0.2, 0) is 13.0 Å². The molecule has 0 amide bonds. The monoisotopic (exact) mass is 293 g/mol. The summed E-state index contributed by atoms with van der Waals surface area (Å²) in [6, 6.07) is 10.8. The Bertz CT molecular complexity index is 629. The van der Waals surface area contributed by atoms with Crippen molar-refractivity contribution in [3.8, 4) is 0 Å². The molecule has 3 nitrogen and oxygen atoms in total. The van der Waals surface area contributed by atoms with E-state index in [2.05, 4.69) is 59.7 Å². The molecule has 1 aromatic heterocycles. The van der Waals surface area contributed by atoms with Crippen LogP contribution in [-0.4, -0.2) is 29.7 Å². The van der Waals surface area contributed by atoms with Crippen LogP contribution in [0.2, 0.25) is 0 Å². The first-order chi connectivity index (χ1) is 10.7. The van der Waals surface area contributed by atoms with Crippen molar-refractivity contribution in [3.63, 3.8) is 0 Å². The van der Waals surface area contributed by atoms with Gasteiger partial charge in [-0.1, -0.05) is 42.5 Å². The average molecular weight is 293 g/mol. The second kappa shape index (κ2) is 8.25. The number of allylic oxidation sites excluding steroid dienone is 1. The zero-order chi connectivity index (χ0) is 15.8. The number of rotatable bonds is 7. The smallest absolute Gasteiger partial charge is 0.0857 e. The molecule has 0 saturated heterocycles. The van der Waals surface area contributed by atoms with Crippen LogP contribution in [0.25, 0.3) is 0 Å². The molecule has 0 saturated carbocycles. The molecule has 114 valence electrons. The van der Waals surface area contributed by atoms with Crippen molar-refractivity contribution in [2.24, 2.45) is 4.99 Å². The first kappa shape index (κ1) is 16.1. The van der Waals surface area contributed by atoms with Gasteiger partial charge in [0.15, 0.2) is 0 Å². The number of pyridine rings is 1. The van der Waals surface area contributed by atoms with Crippen molar-refractivity contribution < 1.29 is 0 Å². The molecule has 0 aliphatic rings. The minimum absolute atomic E-state index is 0.859. The molecule has 2 rings (SSSR count). The standard InChI is InChI=1S/C19H23N3/c1-4-11-21-19-14-20-12-9-18(19)15-22(3)13-10-17-7-5-16(2)6-8-17/h4-9,11-12,14H,1,10,13,15H2,2-3H3/b21-11+. The van der Waals surface area contributed by atoms with Crippen molar-refractivity contribution in [2.45, 2.75) is 19.9 Å². The SMILES string of the molecule is C=C/C=N/c1cnccc1CN(C)CCc1ccc(C)cc1. The predicted molar refractivity (Wildman–Crippen MR) is 93.8 cm³/mol. The Balaban J connectivity index is 1.94. The third-order valence-electron chi connectivity index (χ3n) is 3.55. The number of aliphatic imine (C=N–C) groups is 1. The lowest BCUT2D eigenvalue weighted by atomic mass is 10.1. The maximum atomic E-state index is 4.37. The molecular formula is C19H23N3. The quantitative estimate of drug-likeness (QED) is 0.723. The summed E-state index contributed by atoms with van der Waals surface area (Å²) >= 11 is 0. The molecule has 0 aliphatic carbocycles. The van der Waals surface area contributed by atoms with E-state index in [4.69, 9.17) is 0 Å². The number of hydrogen-bond acceptors (Lipinski definition) is 3. The maximum Gasteiger partial charge on any atom is 0.0857 e. The fraction of sp³-hybridized carbons (Fsp3) is 0.263. The predicted octanol–water partition coefficient (Wildman–Crippen LogP) is 3.95. The van der Waals surface area contributed by atoms with E-state index in [0.29, 0.717) is 0 Å². The number of hydrogen-bond donors (Lipinski definition) is 0. The lowest BCUT2D eigenvalue weighted by molar-refractivity contribution is 0.331. The van der Waals surface area contributed by atoms with Gasteiger partial charge in [0.25, 0.3) is 0 Å². The highest BCUT2D eigenvalue weighted by Gasteiger charge is 2.05. The van der Waals surface area contributed by atoms with Crippen molar-refractivity contribution in [1.29, 1.82) is 0 Å². The highest BCUT2D eigenvalue weighted by atomic mass is 15.1. The van der Waals surface area contributed by atoms with Crippen LogP contribution in [0.15, 0.2) is 60.4 Å². The molecule has 0 fully saturated rings. The first-order valence-corrected chi connectivity index (χ1v) is 7.51. The molecule has 22 heavy (non-hydrogen) atoms. The van der Waals surface area contributed by atoms with Crippen LogP contribution in [0.4, 0.5) is 5.69 Å². The van der Waals surface area contributed by atoms with Gasteiger partial charge in [0.05, 0.1) is 11.9 Å². The van der Waals surface area contributed by atoms with Crippen LogP contribution in [0.3, 0.4) is 0 Å². The minimum Gasteiger partial charge on any atom is -0.302 e. The van der Waals surface area contributed by atoms with Gasteiger partial charge in [0.1, 0.15) is 0 Å². The van der Waals surface area contributed by atoms with Gasteiger partial charge < -0.3 is 4.90 Å². The normalized spacial score (nSPS) is 11.2. The van der Waals surface area contributed by atoms with Crippen molar-refractivity contribution in [1.82, 2.24) is 9.88 Å². The molecule has 0 unspecified atom stereocenters. The lowest BCUT2D eigenvalue weighted by Crippen LogP contribution is -2.20. The van der Waals surface area contributed by atoms with E-state index in [1.807, 2.05) is 12.3 Å². The Hall–Kier alpha value is -2.26. The number of benzene rings is 1. The second-order valence-corrected chi connectivity index (χ2v) is 5.49. The Labute approximate surface area is 133 Å². The van der Waals surface area contributed by atoms with Gasteiger partial charge in [0.2, 0.25) is 0 Å². The molecule has 0 atom stereocenters. The molecule has 2 aromatic rings. The lowest BCUT2D eigenvalue weighted by Gasteiger charge is -2.17. The average Bonchev–Trinajstić information content (AvgIpc) is 2.53. The van der Waals surface area contributed by atoms with E-state index in [0.717, 1.165) is 25.2 Å². The van der Waals surface area contributed by atoms with Crippen LogP contribution >= 0.6 is 0 Å². The molecule has 0 bridgehead atoms. The zero-order valence-electron chi connectivity index (χ0n) is 13.4.